The maximum Gasteiger partial charge on any atom is 0.416 e. The van der Waals surface area contributed by atoms with E-state index in [2.05, 4.69) is 10.2 Å². The van der Waals surface area contributed by atoms with Crippen LogP contribution in [0.25, 0.3) is 0 Å². The number of rotatable bonds is 5. The first-order valence-corrected chi connectivity index (χ1v) is 11.0. The minimum absolute atomic E-state index is 0.114. The summed E-state index contributed by atoms with van der Waals surface area (Å²) in [5.41, 5.74) is 1.20. The predicted molar refractivity (Wildman–Crippen MR) is 117 cm³/mol. The van der Waals surface area contributed by atoms with Crippen LogP contribution in [0.2, 0.25) is 0 Å². The van der Waals surface area contributed by atoms with Crippen molar-refractivity contribution in [3.8, 4) is 0 Å². The molecule has 176 valence electrons. The first-order chi connectivity index (χ1) is 15.8. The Bertz CT molecular complexity index is 980. The molecule has 2 aliphatic heterocycles. The smallest absolute Gasteiger partial charge is 0.368 e. The Morgan fingerprint density at radius 1 is 1.03 bits per heavy atom. The number of hydrogen-bond donors (Lipinski definition) is 1. The fourth-order valence-corrected chi connectivity index (χ4v) is 4.09. The number of benzene rings is 2. The highest BCUT2D eigenvalue weighted by Crippen LogP contribution is 2.29. The average Bonchev–Trinajstić information content (AvgIpc) is 3.34. The average molecular weight is 461 g/mol. The van der Waals surface area contributed by atoms with E-state index in [0.29, 0.717) is 57.0 Å². The summed E-state index contributed by atoms with van der Waals surface area (Å²) < 4.78 is 43.6. The van der Waals surface area contributed by atoms with Gasteiger partial charge in [0, 0.05) is 50.6 Å². The topological polar surface area (TPSA) is 61.9 Å². The zero-order valence-electron chi connectivity index (χ0n) is 18.1. The third kappa shape index (κ3) is 5.91. The normalized spacial score (nSPS) is 19.5. The number of nitrogens with zero attached hydrogens (tertiary/aromatic N) is 2. The highest BCUT2D eigenvalue weighted by Gasteiger charge is 2.30. The first-order valence-electron chi connectivity index (χ1n) is 11.0. The fraction of sp³-hybridized carbons (Fsp3) is 0.417. The van der Waals surface area contributed by atoms with Crippen molar-refractivity contribution < 1.29 is 27.5 Å². The summed E-state index contributed by atoms with van der Waals surface area (Å²) in [6.07, 6.45) is -3.22. The number of carbonyl (C=O) groups excluding carboxylic acids is 2. The lowest BCUT2D eigenvalue weighted by Crippen LogP contribution is -2.48. The van der Waals surface area contributed by atoms with E-state index in [4.69, 9.17) is 4.74 Å². The molecule has 6 nitrogen and oxygen atoms in total. The molecule has 0 bridgehead atoms. The molecule has 1 atom stereocenters. The van der Waals surface area contributed by atoms with Crippen LogP contribution in [0.4, 0.5) is 18.9 Å². The summed E-state index contributed by atoms with van der Waals surface area (Å²) in [5, 5.41) is 2.82. The largest absolute Gasteiger partial charge is 0.416 e. The van der Waals surface area contributed by atoms with Gasteiger partial charge in [0.1, 0.15) is 6.10 Å². The minimum atomic E-state index is -4.34. The second kappa shape index (κ2) is 9.93. The molecular formula is C24H26F3N3O3. The van der Waals surface area contributed by atoms with E-state index >= 15 is 0 Å². The Morgan fingerprint density at radius 2 is 1.76 bits per heavy atom. The maximum absolute atomic E-state index is 13.0. The number of anilines is 1. The standard InChI is InChI=1S/C24H26F3N3O3/c25-24(26,27)19-8-6-17(7-9-19)16-29-10-12-30(13-11-29)23(32)18-3-1-4-20(15-18)28-22(31)21-5-2-14-33-21/h1,3-4,6-9,15,21H,2,5,10-14,16H2,(H,28,31)/t21-/m0/s1. The molecule has 4 rings (SSSR count). The quantitative estimate of drug-likeness (QED) is 0.736. The lowest BCUT2D eigenvalue weighted by Gasteiger charge is -2.35. The number of carbonyl (C=O) groups is 2. The van der Waals surface area contributed by atoms with E-state index in [0.717, 1.165) is 24.1 Å². The van der Waals surface area contributed by atoms with Crippen molar-refractivity contribution in [1.29, 1.82) is 0 Å². The Morgan fingerprint density at radius 3 is 2.39 bits per heavy atom. The van der Waals surface area contributed by atoms with Gasteiger partial charge in [-0.25, -0.2) is 0 Å². The number of ether oxygens (including phenoxy) is 1. The van der Waals surface area contributed by atoms with Gasteiger partial charge in [0.15, 0.2) is 0 Å². The molecule has 2 aromatic carbocycles. The summed E-state index contributed by atoms with van der Waals surface area (Å²) in [7, 11) is 0. The van der Waals surface area contributed by atoms with Crippen LogP contribution in [0, 0.1) is 0 Å². The third-order valence-corrected chi connectivity index (χ3v) is 5.95. The van der Waals surface area contributed by atoms with Gasteiger partial charge in [-0.15, -0.1) is 0 Å². The Labute approximate surface area is 190 Å². The molecule has 2 aliphatic rings. The lowest BCUT2D eigenvalue weighted by molar-refractivity contribution is -0.137. The zero-order chi connectivity index (χ0) is 23.4. The van der Waals surface area contributed by atoms with Crippen molar-refractivity contribution in [3.05, 3.63) is 65.2 Å². The Hall–Kier alpha value is -2.91. The highest BCUT2D eigenvalue weighted by molar-refractivity contribution is 5.98. The highest BCUT2D eigenvalue weighted by atomic mass is 19.4. The number of amides is 2. The van der Waals surface area contributed by atoms with Gasteiger partial charge < -0.3 is 15.0 Å². The number of halogens is 3. The van der Waals surface area contributed by atoms with Crippen LogP contribution >= 0.6 is 0 Å². The number of nitrogens with one attached hydrogen (secondary N) is 1. The summed E-state index contributed by atoms with van der Waals surface area (Å²) in [6, 6.07) is 12.1. The van der Waals surface area contributed by atoms with Crippen LogP contribution in [0.15, 0.2) is 48.5 Å². The van der Waals surface area contributed by atoms with Gasteiger partial charge in [0.25, 0.3) is 11.8 Å². The molecule has 0 radical (unpaired) electrons. The van der Waals surface area contributed by atoms with Gasteiger partial charge >= 0.3 is 6.18 Å². The van der Waals surface area contributed by atoms with Crippen LogP contribution in [0.5, 0.6) is 0 Å². The van der Waals surface area contributed by atoms with E-state index in [1.54, 1.807) is 29.2 Å². The maximum atomic E-state index is 13.0. The van der Waals surface area contributed by atoms with Crippen LogP contribution in [0.3, 0.4) is 0 Å². The molecule has 0 saturated carbocycles. The monoisotopic (exact) mass is 461 g/mol. The van der Waals surface area contributed by atoms with Crippen molar-refractivity contribution in [2.75, 3.05) is 38.1 Å². The molecule has 33 heavy (non-hydrogen) atoms. The SMILES string of the molecule is O=C(Nc1cccc(C(=O)N2CCN(Cc3ccc(C(F)(F)F)cc3)CC2)c1)[C@@H]1CCCO1. The number of alkyl halides is 3. The molecule has 2 heterocycles. The first kappa shape index (κ1) is 23.3. The second-order valence-electron chi connectivity index (χ2n) is 8.33. The summed E-state index contributed by atoms with van der Waals surface area (Å²) in [4.78, 5) is 29.1. The molecule has 0 spiro atoms. The number of hydrogen-bond acceptors (Lipinski definition) is 4. The van der Waals surface area contributed by atoms with Crippen LogP contribution in [-0.2, 0) is 22.3 Å². The van der Waals surface area contributed by atoms with E-state index in [1.807, 2.05) is 0 Å². The van der Waals surface area contributed by atoms with Gasteiger partial charge in [0.05, 0.1) is 5.56 Å². The molecule has 9 heteroatoms. The number of piperazine rings is 1. The van der Waals surface area contributed by atoms with Gasteiger partial charge in [-0.3, -0.25) is 14.5 Å². The Balaban J connectivity index is 1.29. The molecule has 2 aromatic rings. The lowest BCUT2D eigenvalue weighted by atomic mass is 10.1. The molecule has 2 amide bonds. The van der Waals surface area contributed by atoms with Crippen molar-refractivity contribution in [2.45, 2.75) is 31.7 Å². The zero-order valence-corrected chi connectivity index (χ0v) is 18.1. The molecular weight excluding hydrogens is 435 g/mol. The summed E-state index contributed by atoms with van der Waals surface area (Å²) >= 11 is 0. The van der Waals surface area contributed by atoms with Crippen molar-refractivity contribution in [1.82, 2.24) is 9.80 Å². The van der Waals surface area contributed by atoms with Gasteiger partial charge in [0.2, 0.25) is 0 Å². The summed E-state index contributed by atoms with van der Waals surface area (Å²) in [5.74, 6) is -0.314. The molecule has 0 aliphatic carbocycles. The van der Waals surface area contributed by atoms with E-state index in [-0.39, 0.29) is 11.8 Å². The third-order valence-electron chi connectivity index (χ3n) is 5.95. The van der Waals surface area contributed by atoms with E-state index in [9.17, 15) is 22.8 Å². The minimum Gasteiger partial charge on any atom is -0.368 e. The van der Waals surface area contributed by atoms with Crippen LogP contribution in [-0.4, -0.2) is 60.5 Å². The van der Waals surface area contributed by atoms with Crippen molar-refractivity contribution in [2.24, 2.45) is 0 Å². The molecule has 1 N–H and O–H groups in total. The van der Waals surface area contributed by atoms with Crippen LogP contribution in [0.1, 0.15) is 34.3 Å². The van der Waals surface area contributed by atoms with Crippen LogP contribution < -0.4 is 5.32 Å². The second-order valence-corrected chi connectivity index (χ2v) is 8.33. The molecule has 0 aromatic heterocycles. The van der Waals surface area contributed by atoms with E-state index in [1.165, 1.54) is 12.1 Å². The van der Waals surface area contributed by atoms with Crippen molar-refractivity contribution in [3.63, 3.8) is 0 Å². The van der Waals surface area contributed by atoms with Gasteiger partial charge in [-0.05, 0) is 48.7 Å². The van der Waals surface area contributed by atoms with Crippen molar-refractivity contribution >= 4 is 17.5 Å². The van der Waals surface area contributed by atoms with E-state index < -0.39 is 17.8 Å². The van der Waals surface area contributed by atoms with Gasteiger partial charge in [-0.2, -0.15) is 13.2 Å². The van der Waals surface area contributed by atoms with Gasteiger partial charge in [-0.1, -0.05) is 18.2 Å². The predicted octanol–water partition coefficient (Wildman–Crippen LogP) is 3.78. The fourth-order valence-electron chi connectivity index (χ4n) is 4.09. The summed E-state index contributed by atoms with van der Waals surface area (Å²) in [6.45, 7) is 3.41. The molecule has 2 fully saturated rings. The molecule has 2 saturated heterocycles. The Kier molecular flexibility index (Phi) is 6.99. The molecule has 0 unspecified atom stereocenters.